The minimum Gasteiger partial charge on any atom is -0.457 e. The monoisotopic (exact) mass is 310 g/mol. The van der Waals surface area contributed by atoms with E-state index in [4.69, 9.17) is 16.3 Å². The molecule has 0 unspecified atom stereocenters. The number of nitrogens with zero attached hydrogens (tertiary/aromatic N) is 1. The van der Waals surface area contributed by atoms with E-state index >= 15 is 0 Å². The molecule has 1 N–H and O–H groups in total. The first-order valence-corrected chi connectivity index (χ1v) is 6.00. The van der Waals surface area contributed by atoms with Crippen molar-refractivity contribution >= 4 is 29.4 Å². The molecule has 1 amide bonds. The zero-order valence-corrected chi connectivity index (χ0v) is 11.1. The van der Waals surface area contributed by atoms with Gasteiger partial charge in [-0.1, -0.05) is 11.6 Å². The second-order valence-electron chi connectivity index (χ2n) is 3.91. The van der Waals surface area contributed by atoms with Crippen molar-refractivity contribution < 1.29 is 18.8 Å². The van der Waals surface area contributed by atoms with Gasteiger partial charge in [0.05, 0.1) is 21.7 Å². The Morgan fingerprint density at radius 3 is 2.62 bits per heavy atom. The van der Waals surface area contributed by atoms with E-state index in [2.05, 4.69) is 5.32 Å². The number of amides is 1. The molecule has 0 aliphatic heterocycles. The number of non-ortho nitro benzene ring substituents is 1. The Hall–Kier alpha value is -2.67. The summed E-state index contributed by atoms with van der Waals surface area (Å²) in [6.07, 6.45) is 0.387. The first-order valence-electron chi connectivity index (χ1n) is 5.62. The zero-order valence-electron chi connectivity index (χ0n) is 10.4. The first-order chi connectivity index (χ1) is 9.99. The number of halogens is 2. The van der Waals surface area contributed by atoms with Crippen molar-refractivity contribution in [1.82, 2.24) is 0 Å². The molecule has 0 aliphatic rings. The number of carbonyl (C=O) groups excluding carboxylic acids is 1. The molecule has 0 bridgehead atoms. The number of nitro groups is 1. The SMILES string of the molecule is O=CNc1cc(Oc2ccc(F)c(Cl)c2)cc([N+](=O)[O-])c1. The normalized spacial score (nSPS) is 10.0. The maximum absolute atomic E-state index is 13.0. The van der Waals surface area contributed by atoms with E-state index in [1.807, 2.05) is 0 Å². The van der Waals surface area contributed by atoms with E-state index in [0.717, 1.165) is 6.07 Å². The number of nitrogens with one attached hydrogen (secondary N) is 1. The van der Waals surface area contributed by atoms with Crippen molar-refractivity contribution in [2.45, 2.75) is 0 Å². The summed E-state index contributed by atoms with van der Waals surface area (Å²) in [7, 11) is 0. The molecule has 8 heteroatoms. The van der Waals surface area contributed by atoms with Crippen molar-refractivity contribution in [3.63, 3.8) is 0 Å². The largest absolute Gasteiger partial charge is 0.457 e. The minimum atomic E-state index is -0.625. The molecule has 0 saturated carbocycles. The molecule has 0 saturated heterocycles. The highest BCUT2D eigenvalue weighted by Crippen LogP contribution is 2.31. The number of carbonyl (C=O) groups is 1. The maximum atomic E-state index is 13.0. The van der Waals surface area contributed by atoms with Crippen LogP contribution in [0.15, 0.2) is 36.4 Å². The Kier molecular flexibility index (Phi) is 4.34. The molecule has 0 heterocycles. The lowest BCUT2D eigenvalue weighted by Crippen LogP contribution is -1.97. The molecule has 0 aromatic heterocycles. The van der Waals surface area contributed by atoms with Crippen LogP contribution in [0.4, 0.5) is 15.8 Å². The topological polar surface area (TPSA) is 81.5 Å². The van der Waals surface area contributed by atoms with Crippen molar-refractivity contribution in [3.05, 3.63) is 57.4 Å². The van der Waals surface area contributed by atoms with Crippen molar-refractivity contribution in [1.29, 1.82) is 0 Å². The summed E-state index contributed by atoms with van der Waals surface area (Å²) in [5.41, 5.74) is -0.0625. The predicted octanol–water partition coefficient (Wildman–Crippen LogP) is 3.75. The highest BCUT2D eigenvalue weighted by molar-refractivity contribution is 6.30. The number of benzene rings is 2. The fraction of sp³-hybridized carbons (Fsp3) is 0. The average Bonchev–Trinajstić information content (AvgIpc) is 2.43. The lowest BCUT2D eigenvalue weighted by molar-refractivity contribution is -0.384. The second kappa shape index (κ2) is 6.19. The third kappa shape index (κ3) is 3.67. The summed E-state index contributed by atoms with van der Waals surface area (Å²) in [4.78, 5) is 20.6. The van der Waals surface area contributed by atoms with Gasteiger partial charge >= 0.3 is 0 Å². The standard InChI is InChI=1S/C13H8ClFN2O4/c14-12-6-10(1-2-13(12)15)21-11-4-8(16-7-18)3-9(5-11)17(19)20/h1-7H,(H,16,18). The van der Waals surface area contributed by atoms with Crippen LogP contribution in [0.2, 0.25) is 5.02 Å². The molecule has 108 valence electrons. The number of ether oxygens (including phenoxy) is 1. The van der Waals surface area contributed by atoms with Gasteiger partial charge in [-0.3, -0.25) is 14.9 Å². The van der Waals surface area contributed by atoms with Crippen molar-refractivity contribution in [2.75, 3.05) is 5.32 Å². The Bertz CT molecular complexity index is 709. The quantitative estimate of drug-likeness (QED) is 0.518. The number of hydrogen-bond donors (Lipinski definition) is 1. The summed E-state index contributed by atoms with van der Waals surface area (Å²) in [5, 5.41) is 13.0. The highest BCUT2D eigenvalue weighted by Gasteiger charge is 2.12. The number of rotatable bonds is 5. The van der Waals surface area contributed by atoms with E-state index < -0.39 is 10.7 Å². The second-order valence-corrected chi connectivity index (χ2v) is 4.32. The van der Waals surface area contributed by atoms with Crippen LogP contribution < -0.4 is 10.1 Å². The molecule has 21 heavy (non-hydrogen) atoms. The molecule has 2 aromatic rings. The lowest BCUT2D eigenvalue weighted by Gasteiger charge is -2.08. The maximum Gasteiger partial charge on any atom is 0.275 e. The van der Waals surface area contributed by atoms with Gasteiger partial charge in [0.1, 0.15) is 17.3 Å². The van der Waals surface area contributed by atoms with Crippen LogP contribution in [-0.2, 0) is 4.79 Å². The van der Waals surface area contributed by atoms with E-state index in [1.165, 1.54) is 30.3 Å². The molecule has 2 rings (SSSR count). The molecular formula is C13H8ClFN2O4. The predicted molar refractivity (Wildman–Crippen MR) is 74.3 cm³/mol. The molecule has 2 aromatic carbocycles. The van der Waals surface area contributed by atoms with Crippen LogP contribution in [0, 0.1) is 15.9 Å². The van der Waals surface area contributed by atoms with Gasteiger partial charge in [-0.25, -0.2) is 4.39 Å². The van der Waals surface area contributed by atoms with Gasteiger partial charge in [-0.15, -0.1) is 0 Å². The smallest absolute Gasteiger partial charge is 0.275 e. The Morgan fingerprint density at radius 1 is 1.24 bits per heavy atom. The molecule has 0 aliphatic carbocycles. The zero-order chi connectivity index (χ0) is 15.4. The van der Waals surface area contributed by atoms with Crippen LogP contribution in [0.3, 0.4) is 0 Å². The molecule has 6 nitrogen and oxygen atoms in total. The van der Waals surface area contributed by atoms with Gasteiger partial charge in [-0.05, 0) is 12.1 Å². The first kappa shape index (κ1) is 14.7. The summed E-state index contributed by atoms with van der Waals surface area (Å²) >= 11 is 5.62. The van der Waals surface area contributed by atoms with Gasteiger partial charge in [0.15, 0.2) is 0 Å². The Balaban J connectivity index is 2.35. The van der Waals surface area contributed by atoms with Gasteiger partial charge < -0.3 is 10.1 Å². The van der Waals surface area contributed by atoms with E-state index in [9.17, 15) is 19.3 Å². The fourth-order valence-electron chi connectivity index (χ4n) is 1.58. The summed E-state index contributed by atoms with van der Waals surface area (Å²) in [6, 6.07) is 7.42. The van der Waals surface area contributed by atoms with Crippen LogP contribution in [0.25, 0.3) is 0 Å². The third-order valence-electron chi connectivity index (χ3n) is 2.45. The van der Waals surface area contributed by atoms with Gasteiger partial charge in [0.2, 0.25) is 6.41 Å². The summed E-state index contributed by atoms with van der Waals surface area (Å²) in [6.45, 7) is 0. The van der Waals surface area contributed by atoms with E-state index in [-0.39, 0.29) is 27.9 Å². The molecule has 0 fully saturated rings. The van der Waals surface area contributed by atoms with E-state index in [1.54, 1.807) is 0 Å². The van der Waals surface area contributed by atoms with Crippen LogP contribution in [0.1, 0.15) is 0 Å². The molecule has 0 atom stereocenters. The number of hydrogen-bond acceptors (Lipinski definition) is 4. The molecule has 0 radical (unpaired) electrons. The van der Waals surface area contributed by atoms with Crippen molar-refractivity contribution in [3.8, 4) is 11.5 Å². The third-order valence-corrected chi connectivity index (χ3v) is 2.74. The van der Waals surface area contributed by atoms with E-state index in [0.29, 0.717) is 6.41 Å². The Labute approximate surface area is 123 Å². The fourth-order valence-corrected chi connectivity index (χ4v) is 1.75. The van der Waals surface area contributed by atoms with Crippen LogP contribution >= 0.6 is 11.6 Å². The molecular weight excluding hydrogens is 303 g/mol. The highest BCUT2D eigenvalue weighted by atomic mass is 35.5. The van der Waals surface area contributed by atoms with Gasteiger partial charge in [0, 0.05) is 18.2 Å². The molecule has 0 spiro atoms. The minimum absolute atomic E-state index is 0.108. The average molecular weight is 311 g/mol. The van der Waals surface area contributed by atoms with Crippen molar-refractivity contribution in [2.24, 2.45) is 0 Å². The number of nitro benzene ring substituents is 1. The van der Waals surface area contributed by atoms with Gasteiger partial charge in [0.25, 0.3) is 5.69 Å². The Morgan fingerprint density at radius 2 is 2.00 bits per heavy atom. The summed E-state index contributed by atoms with van der Waals surface area (Å²) < 4.78 is 18.4. The number of anilines is 1. The summed E-state index contributed by atoms with van der Waals surface area (Å²) in [5.74, 6) is -0.290. The van der Waals surface area contributed by atoms with Crippen LogP contribution in [0.5, 0.6) is 11.5 Å². The lowest BCUT2D eigenvalue weighted by atomic mass is 10.2. The van der Waals surface area contributed by atoms with Crippen LogP contribution in [-0.4, -0.2) is 11.3 Å². The van der Waals surface area contributed by atoms with Gasteiger partial charge in [-0.2, -0.15) is 0 Å².